The first-order chi connectivity index (χ1) is 31.3. The van der Waals surface area contributed by atoms with Gasteiger partial charge in [-0.15, -0.1) is 10.2 Å². The van der Waals surface area contributed by atoms with E-state index in [1.54, 1.807) is 53.2 Å². The van der Waals surface area contributed by atoms with E-state index >= 15 is 0 Å². The Balaban J connectivity index is 0.000000241. The third kappa shape index (κ3) is 15.8. The van der Waals surface area contributed by atoms with Crippen LogP contribution in [0.3, 0.4) is 0 Å². The van der Waals surface area contributed by atoms with Gasteiger partial charge in [-0.25, -0.2) is 9.36 Å². The standard InChI is InChI=1S/C25H26N6O2.C23H22N6O2.Li.H2O/c1-2-33-25(32)15-20-9-11-24(12-10-20)31-19-23(28-29-31)18-30(16-21-7-3-5-13-26-21)17-22-8-4-6-14-27-22;30-23(31)13-18-7-9-22(10-8-18)29-17-21(26-27-29)16-28(14-19-5-1-3-11-24-19)15-20-6-2-4-12-25-20;;/h3-14,19H,2,15-18H2,1H3;1-12,17H,13-16H2,(H,30,31);;1H2/q;;+1;/p-1. The molecule has 8 aromatic rings. The normalized spacial score (nSPS) is 10.7. The van der Waals surface area contributed by atoms with Crippen molar-refractivity contribution in [1.82, 2.24) is 59.7 Å². The molecule has 0 amide bonds. The second-order valence-electron chi connectivity index (χ2n) is 14.8. The van der Waals surface area contributed by atoms with Crippen LogP contribution in [0.5, 0.6) is 0 Å². The molecule has 6 aromatic heterocycles. The van der Waals surface area contributed by atoms with Gasteiger partial charge in [-0.05, 0) is 90.8 Å². The Morgan fingerprint density at radius 3 is 1.18 bits per heavy atom. The SMILES string of the molecule is CCOC(=O)Cc1ccc(-n2cc(CN(Cc3ccccn3)Cc3ccccn3)nn2)cc1.O=C(O)Cc1ccc(-n2cc(CN(Cc3ccccn3)Cc3ccccn3)nn2)cc1.[Li+].[OH-]. The van der Waals surface area contributed by atoms with Gasteiger partial charge in [-0.3, -0.25) is 39.3 Å². The van der Waals surface area contributed by atoms with Crippen molar-refractivity contribution in [2.24, 2.45) is 0 Å². The van der Waals surface area contributed by atoms with E-state index in [-0.39, 0.29) is 43.1 Å². The zero-order valence-electron chi connectivity index (χ0n) is 36.9. The van der Waals surface area contributed by atoms with Crippen LogP contribution in [-0.4, -0.2) is 88.9 Å². The molecule has 0 fully saturated rings. The monoisotopic (exact) mass is 880 g/mol. The fourth-order valence-corrected chi connectivity index (χ4v) is 6.76. The molecule has 0 saturated heterocycles. The molecule has 0 aliphatic carbocycles. The molecular weight excluding hydrogens is 832 g/mol. The predicted octanol–water partition coefficient (Wildman–Crippen LogP) is 3.08. The summed E-state index contributed by atoms with van der Waals surface area (Å²) in [7, 11) is 0. The summed E-state index contributed by atoms with van der Waals surface area (Å²) >= 11 is 0. The number of hydrogen-bond donors (Lipinski definition) is 1. The number of hydrogen-bond acceptors (Lipinski definition) is 14. The number of aliphatic carboxylic acids is 1. The number of carbonyl (C=O) groups is 2. The maximum Gasteiger partial charge on any atom is 1.00 e. The summed E-state index contributed by atoms with van der Waals surface area (Å²) in [6.45, 7) is 6.05. The third-order valence-electron chi connectivity index (χ3n) is 9.71. The average Bonchev–Trinajstić information content (AvgIpc) is 3.98. The third-order valence-corrected chi connectivity index (χ3v) is 9.71. The largest absolute Gasteiger partial charge is 1.00 e. The molecule has 2 N–H and O–H groups in total. The van der Waals surface area contributed by atoms with Crippen molar-refractivity contribution in [2.75, 3.05) is 6.61 Å². The van der Waals surface area contributed by atoms with E-state index in [1.807, 2.05) is 122 Å². The van der Waals surface area contributed by atoms with E-state index < -0.39 is 5.97 Å². The van der Waals surface area contributed by atoms with Gasteiger partial charge in [0.15, 0.2) is 0 Å². The Morgan fingerprint density at radius 1 is 0.515 bits per heavy atom. The molecule has 0 saturated carbocycles. The average molecular weight is 881 g/mol. The van der Waals surface area contributed by atoms with E-state index in [4.69, 9.17) is 9.84 Å². The zero-order chi connectivity index (χ0) is 44.4. The summed E-state index contributed by atoms with van der Waals surface area (Å²) < 4.78 is 8.44. The number of benzene rings is 2. The molecule has 0 bridgehead atoms. The molecular formula is C48H49LiN12O5. The Labute approximate surface area is 394 Å². The molecule has 2 aromatic carbocycles. The summed E-state index contributed by atoms with van der Waals surface area (Å²) in [5, 5.41) is 26.1. The van der Waals surface area contributed by atoms with E-state index in [0.29, 0.717) is 45.9 Å². The second-order valence-corrected chi connectivity index (χ2v) is 14.8. The fraction of sp³-hybridized carbons (Fsp3) is 0.208. The molecule has 66 heavy (non-hydrogen) atoms. The number of rotatable bonds is 19. The zero-order valence-corrected chi connectivity index (χ0v) is 36.9. The van der Waals surface area contributed by atoms with Crippen molar-refractivity contribution in [1.29, 1.82) is 0 Å². The Bertz CT molecular complexity index is 2560. The maximum absolute atomic E-state index is 11.7. The van der Waals surface area contributed by atoms with Gasteiger partial charge < -0.3 is 15.3 Å². The molecule has 0 spiro atoms. The number of aromatic nitrogens is 10. The van der Waals surface area contributed by atoms with E-state index in [2.05, 4.69) is 50.4 Å². The fourth-order valence-electron chi connectivity index (χ4n) is 6.76. The van der Waals surface area contributed by atoms with E-state index in [1.165, 1.54) is 0 Å². The minimum atomic E-state index is -0.850. The van der Waals surface area contributed by atoms with Crippen LogP contribution in [0.4, 0.5) is 0 Å². The molecule has 0 atom stereocenters. The summed E-state index contributed by atoms with van der Waals surface area (Å²) in [5.74, 6) is -1.08. The number of ether oxygens (including phenoxy) is 1. The number of carboxylic acid groups (broad SMARTS) is 1. The van der Waals surface area contributed by atoms with Crippen LogP contribution in [0.25, 0.3) is 11.4 Å². The number of pyridine rings is 4. The van der Waals surface area contributed by atoms with Gasteiger partial charge in [-0.2, -0.15) is 0 Å². The number of carbonyl (C=O) groups excluding carboxylic acids is 1. The molecule has 0 aliphatic rings. The minimum absolute atomic E-state index is 0. The van der Waals surface area contributed by atoms with E-state index in [0.717, 1.165) is 56.7 Å². The van der Waals surface area contributed by atoms with Crippen molar-refractivity contribution in [3.05, 3.63) is 204 Å². The van der Waals surface area contributed by atoms with Crippen LogP contribution < -0.4 is 18.9 Å². The van der Waals surface area contributed by atoms with Crippen LogP contribution in [0, 0.1) is 0 Å². The van der Waals surface area contributed by atoms with Crippen LogP contribution in [0.15, 0.2) is 159 Å². The molecule has 0 aliphatic heterocycles. The molecule has 18 heteroatoms. The minimum Gasteiger partial charge on any atom is -0.870 e. The molecule has 332 valence electrons. The van der Waals surface area contributed by atoms with Gasteiger partial charge in [0.05, 0.1) is 77.4 Å². The van der Waals surface area contributed by atoms with Gasteiger partial charge in [0.1, 0.15) is 0 Å². The smallest absolute Gasteiger partial charge is 0.870 e. The second kappa shape index (κ2) is 25.9. The van der Waals surface area contributed by atoms with Crippen LogP contribution in [0.1, 0.15) is 52.2 Å². The maximum atomic E-state index is 11.7. The molecule has 6 heterocycles. The first-order valence-electron chi connectivity index (χ1n) is 20.8. The van der Waals surface area contributed by atoms with Crippen molar-refractivity contribution in [2.45, 2.75) is 59.0 Å². The Hall–Kier alpha value is -7.26. The van der Waals surface area contributed by atoms with Crippen LogP contribution >= 0.6 is 0 Å². The Kier molecular flexibility index (Phi) is 19.5. The number of esters is 1. The predicted molar refractivity (Wildman–Crippen MR) is 239 cm³/mol. The quantitative estimate of drug-likeness (QED) is 0.0913. The van der Waals surface area contributed by atoms with Crippen molar-refractivity contribution >= 4 is 11.9 Å². The van der Waals surface area contributed by atoms with Gasteiger partial charge in [0, 0.05) is 64.1 Å². The molecule has 0 radical (unpaired) electrons. The van der Waals surface area contributed by atoms with Crippen LogP contribution in [-0.2, 0) is 66.4 Å². The number of nitrogens with zero attached hydrogens (tertiary/aromatic N) is 12. The summed E-state index contributed by atoms with van der Waals surface area (Å²) in [4.78, 5) is 44.8. The van der Waals surface area contributed by atoms with Gasteiger partial charge >= 0.3 is 30.8 Å². The van der Waals surface area contributed by atoms with Crippen molar-refractivity contribution in [3.63, 3.8) is 0 Å². The summed E-state index contributed by atoms with van der Waals surface area (Å²) in [6.07, 6.45) is 11.2. The number of carboxylic acids is 1. The van der Waals surface area contributed by atoms with Crippen LogP contribution in [0.2, 0.25) is 0 Å². The summed E-state index contributed by atoms with van der Waals surface area (Å²) in [5.41, 5.74) is 8.92. The Morgan fingerprint density at radius 2 is 0.864 bits per heavy atom. The van der Waals surface area contributed by atoms with Gasteiger partial charge in [-0.1, -0.05) is 59.0 Å². The first-order valence-corrected chi connectivity index (χ1v) is 20.8. The van der Waals surface area contributed by atoms with Gasteiger partial charge in [0.25, 0.3) is 0 Å². The summed E-state index contributed by atoms with van der Waals surface area (Å²) in [6, 6.07) is 38.5. The van der Waals surface area contributed by atoms with Gasteiger partial charge in [0.2, 0.25) is 0 Å². The topological polar surface area (TPSA) is 213 Å². The molecule has 8 rings (SSSR count). The van der Waals surface area contributed by atoms with Crippen molar-refractivity contribution in [3.8, 4) is 11.4 Å². The molecule has 17 nitrogen and oxygen atoms in total. The van der Waals surface area contributed by atoms with E-state index in [9.17, 15) is 9.59 Å². The first kappa shape index (κ1) is 49.7. The molecule has 0 unspecified atom stereocenters. The van der Waals surface area contributed by atoms with Crippen molar-refractivity contribution < 1.29 is 43.8 Å².